The SMILES string of the molecule is CNC1CC(OC2CCN(CC(C)C)CC2)C1. The van der Waals surface area contributed by atoms with E-state index in [0.29, 0.717) is 18.2 Å². The van der Waals surface area contributed by atoms with Gasteiger partial charge in [-0.05, 0) is 38.6 Å². The van der Waals surface area contributed by atoms with E-state index < -0.39 is 0 Å². The molecular weight excluding hydrogens is 212 g/mol. The zero-order valence-corrected chi connectivity index (χ0v) is 11.6. The van der Waals surface area contributed by atoms with Crippen molar-refractivity contribution in [3.05, 3.63) is 0 Å². The minimum absolute atomic E-state index is 0.529. The highest BCUT2D eigenvalue weighted by Gasteiger charge is 2.31. The number of piperidine rings is 1. The Morgan fingerprint density at radius 1 is 1.18 bits per heavy atom. The Kier molecular flexibility index (Phi) is 4.83. The standard InChI is InChI=1S/C14H28N2O/c1-11(2)10-16-6-4-13(5-7-16)17-14-8-12(9-14)15-3/h11-15H,4-10H2,1-3H3. The van der Waals surface area contributed by atoms with Gasteiger partial charge in [0.05, 0.1) is 12.2 Å². The largest absolute Gasteiger partial charge is 0.375 e. The Balaban J connectivity index is 1.60. The molecule has 2 aliphatic rings. The molecule has 1 saturated heterocycles. The van der Waals surface area contributed by atoms with E-state index in [0.717, 1.165) is 5.92 Å². The molecule has 100 valence electrons. The summed E-state index contributed by atoms with van der Waals surface area (Å²) in [4.78, 5) is 2.59. The molecule has 1 heterocycles. The molecule has 1 N–H and O–H groups in total. The van der Waals surface area contributed by atoms with Crippen molar-refractivity contribution in [3.8, 4) is 0 Å². The molecule has 0 atom stereocenters. The number of hydrogen-bond donors (Lipinski definition) is 1. The first-order valence-corrected chi connectivity index (χ1v) is 7.22. The van der Waals surface area contributed by atoms with Crippen LogP contribution in [0, 0.1) is 5.92 Å². The van der Waals surface area contributed by atoms with E-state index in [-0.39, 0.29) is 0 Å². The topological polar surface area (TPSA) is 24.5 Å². The quantitative estimate of drug-likeness (QED) is 0.794. The fraction of sp³-hybridized carbons (Fsp3) is 1.00. The molecule has 17 heavy (non-hydrogen) atoms. The second-order valence-corrected chi connectivity index (χ2v) is 6.11. The zero-order valence-electron chi connectivity index (χ0n) is 11.6. The average Bonchev–Trinajstić information content (AvgIpc) is 2.24. The van der Waals surface area contributed by atoms with Crippen LogP contribution in [-0.2, 0) is 4.74 Å². The van der Waals surface area contributed by atoms with Crippen LogP contribution in [0.15, 0.2) is 0 Å². The fourth-order valence-corrected chi connectivity index (χ4v) is 2.93. The molecule has 2 fully saturated rings. The molecule has 0 radical (unpaired) electrons. The third-order valence-corrected chi connectivity index (χ3v) is 4.05. The third-order valence-electron chi connectivity index (χ3n) is 4.05. The lowest BCUT2D eigenvalue weighted by molar-refractivity contribution is -0.0839. The van der Waals surface area contributed by atoms with Crippen molar-refractivity contribution in [2.24, 2.45) is 5.92 Å². The van der Waals surface area contributed by atoms with E-state index in [1.807, 2.05) is 7.05 Å². The van der Waals surface area contributed by atoms with E-state index in [1.54, 1.807) is 0 Å². The van der Waals surface area contributed by atoms with E-state index in [1.165, 1.54) is 45.3 Å². The van der Waals surface area contributed by atoms with Crippen LogP contribution in [0.4, 0.5) is 0 Å². The van der Waals surface area contributed by atoms with Gasteiger partial charge in [0, 0.05) is 25.7 Å². The molecular formula is C14H28N2O. The van der Waals surface area contributed by atoms with Crippen LogP contribution < -0.4 is 5.32 Å². The summed E-state index contributed by atoms with van der Waals surface area (Å²) in [5, 5.41) is 3.31. The molecule has 0 amide bonds. The van der Waals surface area contributed by atoms with Gasteiger partial charge in [-0.2, -0.15) is 0 Å². The summed E-state index contributed by atoms with van der Waals surface area (Å²) in [6, 6.07) is 0.709. The Morgan fingerprint density at radius 3 is 2.35 bits per heavy atom. The number of hydrogen-bond acceptors (Lipinski definition) is 3. The molecule has 0 unspecified atom stereocenters. The number of nitrogens with zero attached hydrogens (tertiary/aromatic N) is 1. The Hall–Kier alpha value is -0.120. The highest BCUT2D eigenvalue weighted by atomic mass is 16.5. The van der Waals surface area contributed by atoms with Gasteiger partial charge in [0.1, 0.15) is 0 Å². The smallest absolute Gasteiger partial charge is 0.0608 e. The Labute approximate surface area is 106 Å². The van der Waals surface area contributed by atoms with Crippen molar-refractivity contribution in [1.82, 2.24) is 10.2 Å². The second-order valence-electron chi connectivity index (χ2n) is 6.11. The molecule has 3 heteroatoms. The maximum atomic E-state index is 6.15. The molecule has 0 aromatic heterocycles. The predicted octanol–water partition coefficient (Wildman–Crippen LogP) is 1.87. The molecule has 2 rings (SSSR count). The second kappa shape index (κ2) is 6.17. The monoisotopic (exact) mass is 240 g/mol. The first-order valence-electron chi connectivity index (χ1n) is 7.22. The van der Waals surface area contributed by atoms with Crippen LogP contribution in [0.5, 0.6) is 0 Å². The summed E-state index contributed by atoms with van der Waals surface area (Å²) >= 11 is 0. The van der Waals surface area contributed by atoms with Crippen molar-refractivity contribution in [1.29, 1.82) is 0 Å². The Morgan fingerprint density at radius 2 is 1.82 bits per heavy atom. The molecule has 0 spiro atoms. The molecule has 1 aliphatic carbocycles. The van der Waals surface area contributed by atoms with Gasteiger partial charge >= 0.3 is 0 Å². The highest BCUT2D eigenvalue weighted by Crippen LogP contribution is 2.27. The maximum Gasteiger partial charge on any atom is 0.0608 e. The first kappa shape index (κ1) is 13.3. The molecule has 0 aromatic rings. The van der Waals surface area contributed by atoms with Crippen LogP contribution in [0.2, 0.25) is 0 Å². The highest BCUT2D eigenvalue weighted by molar-refractivity contribution is 4.86. The van der Waals surface area contributed by atoms with Crippen molar-refractivity contribution < 1.29 is 4.74 Å². The minimum Gasteiger partial charge on any atom is -0.375 e. The number of likely N-dealkylation sites (tertiary alicyclic amines) is 1. The van der Waals surface area contributed by atoms with Crippen molar-refractivity contribution in [3.63, 3.8) is 0 Å². The normalized spacial score (nSPS) is 31.8. The molecule has 3 nitrogen and oxygen atoms in total. The van der Waals surface area contributed by atoms with Crippen LogP contribution in [0.3, 0.4) is 0 Å². The van der Waals surface area contributed by atoms with Gasteiger partial charge in [-0.3, -0.25) is 0 Å². The predicted molar refractivity (Wildman–Crippen MR) is 71.3 cm³/mol. The van der Waals surface area contributed by atoms with Gasteiger partial charge in [-0.25, -0.2) is 0 Å². The van der Waals surface area contributed by atoms with Crippen molar-refractivity contribution in [2.75, 3.05) is 26.7 Å². The first-order chi connectivity index (χ1) is 8.17. The lowest BCUT2D eigenvalue weighted by Gasteiger charge is -2.40. The van der Waals surface area contributed by atoms with Gasteiger partial charge in [0.15, 0.2) is 0 Å². The number of ether oxygens (including phenoxy) is 1. The minimum atomic E-state index is 0.529. The van der Waals surface area contributed by atoms with Gasteiger partial charge in [-0.1, -0.05) is 13.8 Å². The molecule has 1 aliphatic heterocycles. The van der Waals surface area contributed by atoms with E-state index in [4.69, 9.17) is 4.74 Å². The summed E-state index contributed by atoms with van der Waals surface area (Å²) in [6.45, 7) is 8.30. The van der Waals surface area contributed by atoms with Crippen LogP contribution in [-0.4, -0.2) is 49.8 Å². The van der Waals surface area contributed by atoms with Crippen LogP contribution >= 0.6 is 0 Å². The molecule has 1 saturated carbocycles. The van der Waals surface area contributed by atoms with E-state index >= 15 is 0 Å². The van der Waals surface area contributed by atoms with E-state index in [9.17, 15) is 0 Å². The van der Waals surface area contributed by atoms with E-state index in [2.05, 4.69) is 24.1 Å². The van der Waals surface area contributed by atoms with Gasteiger partial charge in [-0.15, -0.1) is 0 Å². The lowest BCUT2D eigenvalue weighted by Crippen LogP contribution is -2.47. The van der Waals surface area contributed by atoms with Gasteiger partial charge in [0.2, 0.25) is 0 Å². The molecule has 0 bridgehead atoms. The fourth-order valence-electron chi connectivity index (χ4n) is 2.93. The Bertz CT molecular complexity index is 218. The van der Waals surface area contributed by atoms with Crippen molar-refractivity contribution in [2.45, 2.75) is 57.8 Å². The zero-order chi connectivity index (χ0) is 12.3. The van der Waals surface area contributed by atoms with Crippen LogP contribution in [0.1, 0.15) is 39.5 Å². The summed E-state index contributed by atoms with van der Waals surface area (Å²) in [7, 11) is 2.05. The van der Waals surface area contributed by atoms with Gasteiger partial charge < -0.3 is 15.0 Å². The average molecular weight is 240 g/mol. The molecule has 0 aromatic carbocycles. The van der Waals surface area contributed by atoms with Crippen LogP contribution in [0.25, 0.3) is 0 Å². The van der Waals surface area contributed by atoms with Gasteiger partial charge in [0.25, 0.3) is 0 Å². The number of rotatable bonds is 5. The summed E-state index contributed by atoms with van der Waals surface area (Å²) in [6.07, 6.45) is 5.95. The van der Waals surface area contributed by atoms with Crippen molar-refractivity contribution >= 4 is 0 Å². The summed E-state index contributed by atoms with van der Waals surface area (Å²) in [5.74, 6) is 0.787. The maximum absolute atomic E-state index is 6.15. The lowest BCUT2D eigenvalue weighted by atomic mass is 9.89. The third kappa shape index (κ3) is 3.94. The summed E-state index contributed by atoms with van der Waals surface area (Å²) in [5.41, 5.74) is 0. The number of nitrogens with one attached hydrogen (secondary N) is 1. The summed E-state index contributed by atoms with van der Waals surface area (Å²) < 4.78 is 6.15.